The minimum atomic E-state index is -1.33. The molecule has 2 aliphatic rings. The average Bonchev–Trinajstić information content (AvgIpc) is 3.20. The number of hydrogen-bond acceptors (Lipinski definition) is 14. The number of carbonyl (C=O) groups excluding carboxylic acids is 7. The van der Waals surface area contributed by atoms with Crippen molar-refractivity contribution in [1.82, 2.24) is 5.06 Å². The van der Waals surface area contributed by atoms with Gasteiger partial charge in [0.2, 0.25) is 0 Å². The zero-order chi connectivity index (χ0) is 30.3. The summed E-state index contributed by atoms with van der Waals surface area (Å²) in [4.78, 5) is 87.1. The van der Waals surface area contributed by atoms with E-state index in [1.165, 1.54) is 6.92 Å². The lowest BCUT2D eigenvalue weighted by Gasteiger charge is -2.44. The van der Waals surface area contributed by atoms with E-state index >= 15 is 0 Å². The van der Waals surface area contributed by atoms with Crippen LogP contribution < -0.4 is 0 Å². The highest BCUT2D eigenvalue weighted by molar-refractivity contribution is 6.01. The predicted molar refractivity (Wildman–Crippen MR) is 130 cm³/mol. The molecule has 0 unspecified atom stereocenters. The summed E-state index contributed by atoms with van der Waals surface area (Å²) in [6.45, 7) is 3.90. The first kappa shape index (κ1) is 31.0. The van der Waals surface area contributed by atoms with Crippen LogP contribution >= 0.6 is 0 Å². The van der Waals surface area contributed by atoms with Gasteiger partial charge in [-0.3, -0.25) is 33.6 Å². The highest BCUT2D eigenvalue weighted by Gasteiger charge is 2.52. The van der Waals surface area contributed by atoms with Crippen LogP contribution in [0.4, 0.5) is 4.79 Å². The molecular weight excluding hydrogens is 550 g/mol. The van der Waals surface area contributed by atoms with Crippen molar-refractivity contribution in [2.24, 2.45) is 0 Å². The van der Waals surface area contributed by atoms with Crippen molar-refractivity contribution in [2.75, 3.05) is 6.61 Å². The van der Waals surface area contributed by atoms with Crippen molar-refractivity contribution in [3.8, 4) is 0 Å². The van der Waals surface area contributed by atoms with Gasteiger partial charge in [0.1, 0.15) is 25.4 Å². The molecule has 0 radical (unpaired) electrons. The van der Waals surface area contributed by atoms with Gasteiger partial charge in [-0.25, -0.2) is 4.79 Å². The predicted octanol–water partition coefficient (Wildman–Crippen LogP) is 1.20. The molecule has 2 fully saturated rings. The number of amides is 2. The van der Waals surface area contributed by atoms with Crippen LogP contribution in [0, 0.1) is 0 Å². The molecule has 0 spiro atoms. The summed E-state index contributed by atoms with van der Waals surface area (Å²) in [6, 6.07) is 6.20. The van der Waals surface area contributed by atoms with Gasteiger partial charge in [0.05, 0.1) is 0 Å². The van der Waals surface area contributed by atoms with Crippen LogP contribution in [0.2, 0.25) is 0 Å². The molecule has 41 heavy (non-hydrogen) atoms. The zero-order valence-corrected chi connectivity index (χ0v) is 22.7. The standard InChI is InChI=1S/C26H29NO14/c1-13(28)35-12-19-23(37-14(2)29)25(39-16(4)31)24(38-15(3)30)22(40-19)18-7-5-17(6-8-18)11-36-26(34)41-27-20(32)9-10-21(27)33/h5-8,19,22-25H,9-12H2,1-4H3/t19-,22-,23+,24+,25+/m1/s1. The van der Waals surface area contributed by atoms with Crippen LogP contribution in [0.5, 0.6) is 0 Å². The zero-order valence-electron chi connectivity index (χ0n) is 22.7. The lowest BCUT2D eigenvalue weighted by molar-refractivity contribution is -0.254. The van der Waals surface area contributed by atoms with E-state index < -0.39 is 72.4 Å². The topological polar surface area (TPSA) is 187 Å². The normalized spacial score (nSPS) is 23.8. The fraction of sp³-hybridized carbons (Fsp3) is 0.500. The maximum Gasteiger partial charge on any atom is 0.534 e. The highest BCUT2D eigenvalue weighted by Crippen LogP contribution is 2.37. The van der Waals surface area contributed by atoms with Gasteiger partial charge in [-0.1, -0.05) is 29.3 Å². The molecule has 0 aromatic heterocycles. The Labute approximate surface area is 233 Å². The summed E-state index contributed by atoms with van der Waals surface area (Å²) in [6.07, 6.45) is -7.46. The second-order valence-electron chi connectivity index (χ2n) is 9.07. The Morgan fingerprint density at radius 1 is 0.756 bits per heavy atom. The van der Waals surface area contributed by atoms with Crippen LogP contribution in [0.1, 0.15) is 57.8 Å². The lowest BCUT2D eigenvalue weighted by Crippen LogP contribution is -2.59. The number of hydrogen-bond donors (Lipinski definition) is 0. The molecule has 2 saturated heterocycles. The Balaban J connectivity index is 1.82. The molecule has 15 heteroatoms. The SMILES string of the molecule is CC(=O)OC[C@H]1O[C@H](c2ccc(COC(=O)ON3C(=O)CCC3=O)cc2)[C@H](OC(C)=O)[C@@H](OC(C)=O)[C@H]1OC(C)=O. The number of esters is 4. The number of hydroxylamine groups is 2. The van der Waals surface area contributed by atoms with E-state index in [0.29, 0.717) is 16.2 Å². The van der Waals surface area contributed by atoms with Crippen LogP contribution in [0.15, 0.2) is 24.3 Å². The van der Waals surface area contributed by atoms with Crippen molar-refractivity contribution in [3.63, 3.8) is 0 Å². The minimum Gasteiger partial charge on any atom is -0.463 e. The molecule has 3 rings (SSSR count). The second-order valence-corrected chi connectivity index (χ2v) is 9.07. The molecule has 1 aromatic carbocycles. The van der Waals surface area contributed by atoms with E-state index in [-0.39, 0.29) is 26.1 Å². The first-order valence-electron chi connectivity index (χ1n) is 12.5. The van der Waals surface area contributed by atoms with E-state index in [0.717, 1.165) is 20.8 Å². The third kappa shape index (κ3) is 8.48. The van der Waals surface area contributed by atoms with Gasteiger partial charge < -0.3 is 28.4 Å². The van der Waals surface area contributed by atoms with Crippen LogP contribution in [-0.2, 0) is 68.6 Å². The molecule has 0 aliphatic carbocycles. The monoisotopic (exact) mass is 579 g/mol. The molecule has 0 N–H and O–H groups in total. The van der Waals surface area contributed by atoms with Crippen molar-refractivity contribution in [1.29, 1.82) is 0 Å². The Morgan fingerprint density at radius 3 is 1.83 bits per heavy atom. The van der Waals surface area contributed by atoms with Gasteiger partial charge in [0.25, 0.3) is 11.8 Å². The van der Waals surface area contributed by atoms with Gasteiger partial charge in [-0.2, -0.15) is 0 Å². The number of imide groups is 1. The largest absolute Gasteiger partial charge is 0.534 e. The minimum absolute atomic E-state index is 0.0627. The third-order valence-corrected chi connectivity index (χ3v) is 5.83. The first-order valence-corrected chi connectivity index (χ1v) is 12.5. The summed E-state index contributed by atoms with van der Waals surface area (Å²) in [5.74, 6) is -4.18. The maximum absolute atomic E-state index is 12.0. The average molecular weight is 580 g/mol. The lowest BCUT2D eigenvalue weighted by atomic mass is 9.90. The van der Waals surface area contributed by atoms with Gasteiger partial charge >= 0.3 is 30.0 Å². The molecule has 1 aromatic rings. The Morgan fingerprint density at radius 2 is 1.29 bits per heavy atom. The highest BCUT2D eigenvalue weighted by atomic mass is 16.8. The number of benzene rings is 1. The van der Waals surface area contributed by atoms with Gasteiger partial charge in [-0.05, 0) is 11.1 Å². The summed E-state index contributed by atoms with van der Waals surface area (Å²) in [7, 11) is 0. The smallest absolute Gasteiger partial charge is 0.463 e. The molecular formula is C26H29NO14. The fourth-order valence-electron chi connectivity index (χ4n) is 4.20. The van der Waals surface area contributed by atoms with E-state index in [9.17, 15) is 33.6 Å². The molecule has 2 heterocycles. The van der Waals surface area contributed by atoms with Crippen molar-refractivity contribution < 1.29 is 66.8 Å². The fourth-order valence-corrected chi connectivity index (χ4v) is 4.20. The molecule has 2 amide bonds. The van der Waals surface area contributed by atoms with E-state index in [1.54, 1.807) is 24.3 Å². The molecule has 15 nitrogen and oxygen atoms in total. The number of rotatable bonds is 9. The van der Waals surface area contributed by atoms with Crippen molar-refractivity contribution >= 4 is 41.8 Å². The molecule has 222 valence electrons. The summed E-state index contributed by atoms with van der Waals surface area (Å²) >= 11 is 0. The Bertz CT molecular complexity index is 1180. The van der Waals surface area contributed by atoms with Crippen LogP contribution in [0.3, 0.4) is 0 Å². The quantitative estimate of drug-likeness (QED) is 0.231. The van der Waals surface area contributed by atoms with Crippen LogP contribution in [-0.4, -0.2) is 77.9 Å². The van der Waals surface area contributed by atoms with Crippen molar-refractivity contribution in [3.05, 3.63) is 35.4 Å². The third-order valence-electron chi connectivity index (χ3n) is 5.83. The van der Waals surface area contributed by atoms with Gasteiger partial charge in [0, 0.05) is 40.5 Å². The number of carbonyl (C=O) groups is 7. The Kier molecular flexibility index (Phi) is 10.4. The number of nitrogens with zero attached hydrogens (tertiary/aromatic N) is 1. The molecule has 0 saturated carbocycles. The molecule has 2 aliphatic heterocycles. The van der Waals surface area contributed by atoms with Crippen LogP contribution in [0.25, 0.3) is 0 Å². The summed E-state index contributed by atoms with van der Waals surface area (Å²) in [5, 5.41) is 0.357. The maximum atomic E-state index is 12.0. The first-order chi connectivity index (χ1) is 19.3. The van der Waals surface area contributed by atoms with Gasteiger partial charge in [-0.15, -0.1) is 0 Å². The second kappa shape index (κ2) is 13.7. The van der Waals surface area contributed by atoms with Gasteiger partial charge in [0.15, 0.2) is 18.3 Å². The Hall–Kier alpha value is -4.53. The molecule has 5 atom stereocenters. The summed E-state index contributed by atoms with van der Waals surface area (Å²) in [5.41, 5.74) is 0.887. The molecule has 0 bridgehead atoms. The number of ether oxygens (including phenoxy) is 6. The van der Waals surface area contributed by atoms with E-state index in [1.807, 2.05) is 0 Å². The van der Waals surface area contributed by atoms with E-state index in [2.05, 4.69) is 4.84 Å². The van der Waals surface area contributed by atoms with Crippen molar-refractivity contribution in [2.45, 2.75) is 77.7 Å². The van der Waals surface area contributed by atoms with E-state index in [4.69, 9.17) is 28.4 Å². The summed E-state index contributed by atoms with van der Waals surface area (Å²) < 4.78 is 32.4.